The van der Waals surface area contributed by atoms with E-state index in [1.807, 2.05) is 0 Å². The number of hydrogen-bond acceptors (Lipinski definition) is 3. The molecule has 0 aromatic heterocycles. The number of ether oxygens (including phenoxy) is 1. The molecule has 2 rings (SSSR count). The van der Waals surface area contributed by atoms with Gasteiger partial charge in [-0.2, -0.15) is 0 Å². The highest BCUT2D eigenvalue weighted by molar-refractivity contribution is 7.90. The Morgan fingerprint density at radius 3 is 2.90 bits per heavy atom. The third-order valence-electron chi connectivity index (χ3n) is 3.62. The van der Waals surface area contributed by atoms with Crippen LogP contribution in [0.15, 0.2) is 18.2 Å². The zero-order valence-corrected chi connectivity index (χ0v) is 12.7. The van der Waals surface area contributed by atoms with Crippen LogP contribution in [0.25, 0.3) is 0 Å². The maximum Gasteiger partial charge on any atom is 0.214 e. The van der Waals surface area contributed by atoms with Crippen LogP contribution in [0.1, 0.15) is 12.0 Å². The minimum Gasteiger partial charge on any atom is -0.381 e. The first-order chi connectivity index (χ1) is 9.45. The molecule has 1 saturated heterocycles. The lowest BCUT2D eigenvalue weighted by Crippen LogP contribution is -2.43. The molecule has 112 valence electrons. The van der Waals surface area contributed by atoms with Crippen molar-refractivity contribution >= 4 is 21.6 Å². The molecule has 0 bridgehead atoms. The molecule has 1 heterocycles. The summed E-state index contributed by atoms with van der Waals surface area (Å²) in [6.45, 7) is 0.684. The molecule has 1 N–H and O–H groups in total. The van der Waals surface area contributed by atoms with Crippen LogP contribution < -0.4 is 4.72 Å². The maximum absolute atomic E-state index is 13.8. The minimum atomic E-state index is -3.41. The molecular formula is C13H17ClFNO3S. The Morgan fingerprint density at radius 2 is 2.25 bits per heavy atom. The van der Waals surface area contributed by atoms with Crippen molar-refractivity contribution in [2.75, 3.05) is 20.3 Å². The van der Waals surface area contributed by atoms with Crippen molar-refractivity contribution in [3.8, 4) is 0 Å². The quantitative estimate of drug-likeness (QED) is 0.922. The molecule has 1 aromatic rings. The van der Waals surface area contributed by atoms with Gasteiger partial charge in [-0.25, -0.2) is 17.5 Å². The third kappa shape index (κ3) is 3.31. The van der Waals surface area contributed by atoms with E-state index in [2.05, 4.69) is 4.72 Å². The van der Waals surface area contributed by atoms with Gasteiger partial charge in [0.2, 0.25) is 10.0 Å². The molecule has 0 amide bonds. The molecule has 1 fully saturated rings. The summed E-state index contributed by atoms with van der Waals surface area (Å²) in [5, 5.41) is -0.270. The van der Waals surface area contributed by atoms with Crippen molar-refractivity contribution in [1.29, 1.82) is 0 Å². The van der Waals surface area contributed by atoms with Gasteiger partial charge in [0, 0.05) is 23.1 Å². The van der Waals surface area contributed by atoms with E-state index in [0.717, 1.165) is 0 Å². The second-order valence-corrected chi connectivity index (χ2v) is 7.33. The van der Waals surface area contributed by atoms with Gasteiger partial charge in [0.05, 0.1) is 11.9 Å². The van der Waals surface area contributed by atoms with E-state index in [1.54, 1.807) is 6.07 Å². The van der Waals surface area contributed by atoms with Crippen LogP contribution in [-0.2, 0) is 21.2 Å². The number of nitrogens with one attached hydrogen (secondary N) is 1. The molecule has 2 atom stereocenters. The summed E-state index contributed by atoms with van der Waals surface area (Å²) in [6, 6.07) is 4.46. The van der Waals surface area contributed by atoms with Crippen LogP contribution >= 0.6 is 11.6 Å². The summed E-state index contributed by atoms with van der Waals surface area (Å²) < 4.78 is 45.6. The zero-order valence-electron chi connectivity index (χ0n) is 11.1. The zero-order chi connectivity index (χ0) is 14.8. The molecule has 0 radical (unpaired) electrons. The predicted octanol–water partition coefficient (Wildman–Crippen LogP) is 1.98. The van der Waals surface area contributed by atoms with Crippen molar-refractivity contribution in [3.05, 3.63) is 34.6 Å². The van der Waals surface area contributed by atoms with Crippen molar-refractivity contribution < 1.29 is 17.5 Å². The summed E-state index contributed by atoms with van der Waals surface area (Å²) in [5.74, 6) is -0.723. The van der Waals surface area contributed by atoms with Crippen molar-refractivity contribution in [2.45, 2.75) is 18.1 Å². The Labute approximate surface area is 123 Å². The average molecular weight is 322 g/mol. The largest absolute Gasteiger partial charge is 0.381 e. The summed E-state index contributed by atoms with van der Waals surface area (Å²) in [4.78, 5) is 0. The minimum absolute atomic E-state index is 0.247. The monoisotopic (exact) mass is 321 g/mol. The Bertz CT molecular complexity index is 559. The number of sulfonamides is 1. The molecule has 1 aliphatic heterocycles. The van der Waals surface area contributed by atoms with Gasteiger partial charge >= 0.3 is 0 Å². The predicted molar refractivity (Wildman–Crippen MR) is 75.8 cm³/mol. The van der Waals surface area contributed by atoms with Gasteiger partial charge in [0.25, 0.3) is 0 Å². The molecule has 0 aliphatic carbocycles. The highest BCUT2D eigenvalue weighted by Crippen LogP contribution is 2.29. The Balaban J connectivity index is 2.26. The van der Waals surface area contributed by atoms with Crippen LogP contribution in [0.4, 0.5) is 4.39 Å². The number of benzene rings is 1. The SMILES string of the molecule is CNS(=O)(=O)[C@@H]1CCOC[C@@H]1Cc1c(F)cccc1Cl. The Kier molecular flexibility index (Phi) is 5.01. The molecule has 0 unspecified atom stereocenters. The first-order valence-electron chi connectivity index (χ1n) is 6.38. The summed E-state index contributed by atoms with van der Waals surface area (Å²) in [6.07, 6.45) is 0.650. The fourth-order valence-electron chi connectivity index (χ4n) is 2.52. The molecule has 4 nitrogen and oxygen atoms in total. The highest BCUT2D eigenvalue weighted by Gasteiger charge is 2.36. The molecule has 1 aliphatic rings. The van der Waals surface area contributed by atoms with Gasteiger partial charge in [-0.3, -0.25) is 0 Å². The lowest BCUT2D eigenvalue weighted by Gasteiger charge is -2.31. The molecular weight excluding hydrogens is 305 g/mol. The Hall–Kier alpha value is -0.690. The van der Waals surface area contributed by atoms with E-state index in [4.69, 9.17) is 16.3 Å². The van der Waals surface area contributed by atoms with Gasteiger partial charge in [-0.15, -0.1) is 0 Å². The Morgan fingerprint density at radius 1 is 1.50 bits per heavy atom. The second-order valence-electron chi connectivity index (χ2n) is 4.82. The van der Waals surface area contributed by atoms with Gasteiger partial charge < -0.3 is 4.74 Å². The molecule has 20 heavy (non-hydrogen) atoms. The van der Waals surface area contributed by atoms with Gasteiger partial charge in [0.15, 0.2) is 0 Å². The number of hydrogen-bond donors (Lipinski definition) is 1. The fraction of sp³-hybridized carbons (Fsp3) is 0.538. The van der Waals surface area contributed by atoms with Crippen LogP contribution in [0, 0.1) is 11.7 Å². The molecule has 0 saturated carbocycles. The van der Waals surface area contributed by atoms with E-state index in [-0.39, 0.29) is 18.9 Å². The first-order valence-corrected chi connectivity index (χ1v) is 8.31. The summed E-state index contributed by atoms with van der Waals surface area (Å²) in [7, 11) is -2.02. The van der Waals surface area contributed by atoms with E-state index in [0.29, 0.717) is 23.6 Å². The summed E-state index contributed by atoms with van der Waals surface area (Å²) >= 11 is 6.00. The van der Waals surface area contributed by atoms with E-state index in [9.17, 15) is 12.8 Å². The van der Waals surface area contributed by atoms with E-state index < -0.39 is 21.1 Å². The van der Waals surface area contributed by atoms with Crippen molar-refractivity contribution in [1.82, 2.24) is 4.72 Å². The first kappa shape index (κ1) is 15.7. The van der Waals surface area contributed by atoms with E-state index >= 15 is 0 Å². The standard InChI is InChI=1S/C13H17ClFNO3S/c1-16-20(17,18)13-5-6-19-8-9(13)7-10-11(14)3-2-4-12(10)15/h2-4,9,13,16H,5-8H2,1H3/t9-,13+/m0/s1. The third-order valence-corrected chi connectivity index (χ3v) is 5.96. The lowest BCUT2D eigenvalue weighted by molar-refractivity contribution is 0.0568. The van der Waals surface area contributed by atoms with Crippen LogP contribution in [0.3, 0.4) is 0 Å². The number of rotatable bonds is 4. The average Bonchev–Trinajstić information content (AvgIpc) is 2.43. The molecule has 7 heteroatoms. The lowest BCUT2D eigenvalue weighted by atomic mass is 9.93. The van der Waals surface area contributed by atoms with Gasteiger partial charge in [-0.1, -0.05) is 17.7 Å². The smallest absolute Gasteiger partial charge is 0.214 e. The topological polar surface area (TPSA) is 55.4 Å². The highest BCUT2D eigenvalue weighted by atomic mass is 35.5. The van der Waals surface area contributed by atoms with Crippen LogP contribution in [0.2, 0.25) is 5.02 Å². The van der Waals surface area contributed by atoms with Crippen LogP contribution in [-0.4, -0.2) is 33.9 Å². The van der Waals surface area contributed by atoms with Crippen molar-refractivity contribution in [2.24, 2.45) is 5.92 Å². The van der Waals surface area contributed by atoms with Crippen LogP contribution in [0.5, 0.6) is 0 Å². The molecule has 0 spiro atoms. The van der Waals surface area contributed by atoms with Crippen molar-refractivity contribution in [3.63, 3.8) is 0 Å². The van der Waals surface area contributed by atoms with Gasteiger partial charge in [-0.05, 0) is 32.0 Å². The van der Waals surface area contributed by atoms with E-state index in [1.165, 1.54) is 19.2 Å². The normalized spacial score (nSPS) is 23.8. The fourth-order valence-corrected chi connectivity index (χ4v) is 4.15. The summed E-state index contributed by atoms with van der Waals surface area (Å²) in [5.41, 5.74) is 0.348. The maximum atomic E-state index is 13.8. The number of halogens is 2. The van der Waals surface area contributed by atoms with Gasteiger partial charge in [0.1, 0.15) is 5.82 Å². The molecule has 1 aromatic carbocycles. The second kappa shape index (κ2) is 6.39.